The van der Waals surface area contributed by atoms with E-state index in [0.29, 0.717) is 0 Å². The lowest BCUT2D eigenvalue weighted by atomic mass is 10.1. The molecule has 0 saturated carbocycles. The molecule has 0 bridgehead atoms. The Morgan fingerprint density at radius 1 is 1.33 bits per heavy atom. The smallest absolute Gasteiger partial charge is 0.342 e. The molecule has 0 aromatic heterocycles. The number of rotatable bonds is 2. The van der Waals surface area contributed by atoms with Gasteiger partial charge in [0.15, 0.2) is 0 Å². The molecule has 0 heterocycles. The minimum Gasteiger partial charge on any atom is -0.507 e. The van der Waals surface area contributed by atoms with Gasteiger partial charge in [-0.05, 0) is 19.9 Å². The second-order valence-electron chi connectivity index (χ2n) is 3.38. The van der Waals surface area contributed by atoms with Crippen molar-refractivity contribution in [2.24, 2.45) is 0 Å². The molecule has 1 aromatic carbocycles. The van der Waals surface area contributed by atoms with Gasteiger partial charge < -0.3 is 20.7 Å². The quantitative estimate of drug-likeness (QED) is 0.296. The van der Waals surface area contributed by atoms with Crippen LogP contribution in [-0.4, -0.2) is 22.3 Å². The third kappa shape index (κ3) is 2.52. The van der Waals surface area contributed by atoms with E-state index in [1.165, 1.54) is 6.07 Å². The van der Waals surface area contributed by atoms with E-state index >= 15 is 0 Å². The van der Waals surface area contributed by atoms with Crippen LogP contribution in [0.25, 0.3) is 0 Å². The number of ether oxygens (including phenoxy) is 1. The average Bonchev–Trinajstić information content (AvgIpc) is 2.09. The van der Waals surface area contributed by atoms with E-state index in [-0.39, 0.29) is 28.9 Å². The van der Waals surface area contributed by atoms with Gasteiger partial charge in [-0.3, -0.25) is 0 Å². The fourth-order valence-corrected chi connectivity index (χ4v) is 1.04. The average molecular weight is 211 g/mol. The molecule has 5 nitrogen and oxygen atoms in total. The largest absolute Gasteiger partial charge is 0.507 e. The number of anilines is 1. The number of carbonyl (C=O) groups excluding carboxylic acids is 1. The maximum atomic E-state index is 11.4. The number of aromatic hydroxyl groups is 2. The number of phenols is 2. The highest BCUT2D eigenvalue weighted by atomic mass is 16.5. The van der Waals surface area contributed by atoms with Crippen LogP contribution in [0.3, 0.4) is 0 Å². The first kappa shape index (κ1) is 11.2. The summed E-state index contributed by atoms with van der Waals surface area (Å²) in [5, 5.41) is 18.5. The van der Waals surface area contributed by atoms with Gasteiger partial charge in [-0.15, -0.1) is 0 Å². The third-order valence-corrected chi connectivity index (χ3v) is 1.71. The van der Waals surface area contributed by atoms with E-state index in [1.54, 1.807) is 13.8 Å². The van der Waals surface area contributed by atoms with Gasteiger partial charge in [-0.1, -0.05) is 0 Å². The fourth-order valence-electron chi connectivity index (χ4n) is 1.04. The Morgan fingerprint density at radius 2 is 1.93 bits per heavy atom. The maximum Gasteiger partial charge on any atom is 0.342 e. The summed E-state index contributed by atoms with van der Waals surface area (Å²) in [6.07, 6.45) is -0.285. The zero-order valence-electron chi connectivity index (χ0n) is 8.52. The van der Waals surface area contributed by atoms with E-state index in [2.05, 4.69) is 0 Å². The zero-order valence-corrected chi connectivity index (χ0v) is 8.52. The number of hydrogen-bond donors (Lipinski definition) is 3. The molecule has 1 rings (SSSR count). The Morgan fingerprint density at radius 3 is 2.47 bits per heavy atom. The summed E-state index contributed by atoms with van der Waals surface area (Å²) in [5.74, 6) is -1.30. The Bertz CT molecular complexity index is 387. The van der Waals surface area contributed by atoms with Crippen LogP contribution in [0, 0.1) is 0 Å². The standard InChI is InChI=1S/C10H13NO4/c1-5(2)15-10(14)6-3-7(11)9(13)4-8(6)12/h3-5,12-13H,11H2,1-2H3. The highest BCUT2D eigenvalue weighted by molar-refractivity contribution is 5.94. The van der Waals surface area contributed by atoms with Gasteiger partial charge in [-0.2, -0.15) is 0 Å². The fraction of sp³-hybridized carbons (Fsp3) is 0.300. The van der Waals surface area contributed by atoms with Crippen LogP contribution < -0.4 is 5.73 Å². The van der Waals surface area contributed by atoms with Crippen LogP contribution in [0.1, 0.15) is 24.2 Å². The Hall–Kier alpha value is -1.91. The van der Waals surface area contributed by atoms with E-state index < -0.39 is 5.97 Å². The van der Waals surface area contributed by atoms with Crippen molar-refractivity contribution in [2.75, 3.05) is 5.73 Å². The molecule has 0 radical (unpaired) electrons. The minimum atomic E-state index is -0.672. The Kier molecular flexibility index (Phi) is 3.04. The summed E-state index contributed by atoms with van der Waals surface area (Å²) in [6, 6.07) is 2.18. The monoisotopic (exact) mass is 211 g/mol. The molecule has 5 heteroatoms. The van der Waals surface area contributed by atoms with Crippen molar-refractivity contribution in [3.8, 4) is 11.5 Å². The van der Waals surface area contributed by atoms with Crippen molar-refractivity contribution in [1.82, 2.24) is 0 Å². The summed E-state index contributed by atoms with van der Waals surface area (Å²) in [4.78, 5) is 11.4. The number of nitrogens with two attached hydrogens (primary N) is 1. The van der Waals surface area contributed by atoms with Crippen LogP contribution in [-0.2, 0) is 4.74 Å². The van der Waals surface area contributed by atoms with Crippen molar-refractivity contribution < 1.29 is 19.7 Å². The molecule has 0 spiro atoms. The molecule has 0 saturated heterocycles. The molecule has 0 fully saturated rings. The van der Waals surface area contributed by atoms with Crippen LogP contribution in [0.15, 0.2) is 12.1 Å². The molecule has 0 aliphatic carbocycles. The first-order chi connectivity index (χ1) is 6.91. The number of nitrogen functional groups attached to an aromatic ring is 1. The number of benzene rings is 1. The highest BCUT2D eigenvalue weighted by Gasteiger charge is 2.16. The number of carbonyl (C=O) groups is 1. The van der Waals surface area contributed by atoms with Gasteiger partial charge >= 0.3 is 5.97 Å². The summed E-state index contributed by atoms with van der Waals surface area (Å²) >= 11 is 0. The summed E-state index contributed by atoms with van der Waals surface area (Å²) in [6.45, 7) is 3.39. The van der Waals surface area contributed by atoms with Crippen molar-refractivity contribution >= 4 is 11.7 Å². The summed E-state index contributed by atoms with van der Waals surface area (Å²) in [7, 11) is 0. The highest BCUT2D eigenvalue weighted by Crippen LogP contribution is 2.29. The predicted octanol–water partition coefficient (Wildman–Crippen LogP) is 1.25. The lowest BCUT2D eigenvalue weighted by Gasteiger charge is -2.10. The summed E-state index contributed by atoms with van der Waals surface area (Å²) in [5.41, 5.74) is 5.35. The van der Waals surface area contributed by atoms with E-state index in [1.807, 2.05) is 0 Å². The molecule has 0 atom stereocenters. The molecular weight excluding hydrogens is 198 g/mol. The van der Waals surface area contributed by atoms with E-state index in [9.17, 15) is 9.90 Å². The van der Waals surface area contributed by atoms with Crippen LogP contribution in [0.5, 0.6) is 11.5 Å². The first-order valence-corrected chi connectivity index (χ1v) is 4.44. The number of phenolic OH excluding ortho intramolecular Hbond substituents is 2. The third-order valence-electron chi connectivity index (χ3n) is 1.71. The van der Waals surface area contributed by atoms with Gasteiger partial charge in [0.25, 0.3) is 0 Å². The molecular formula is C10H13NO4. The molecule has 0 aliphatic rings. The molecule has 4 N–H and O–H groups in total. The van der Waals surface area contributed by atoms with Crippen LogP contribution in [0.2, 0.25) is 0 Å². The van der Waals surface area contributed by atoms with Gasteiger partial charge in [0.05, 0.1) is 11.8 Å². The number of hydrogen-bond acceptors (Lipinski definition) is 5. The Balaban J connectivity index is 3.04. The normalized spacial score (nSPS) is 10.3. The molecule has 1 aromatic rings. The van der Waals surface area contributed by atoms with Crippen LogP contribution >= 0.6 is 0 Å². The van der Waals surface area contributed by atoms with Gasteiger partial charge in [0.1, 0.15) is 17.1 Å². The molecule has 0 unspecified atom stereocenters. The van der Waals surface area contributed by atoms with Gasteiger partial charge in [0, 0.05) is 6.07 Å². The maximum absolute atomic E-state index is 11.4. The van der Waals surface area contributed by atoms with Crippen LogP contribution in [0.4, 0.5) is 5.69 Å². The predicted molar refractivity (Wildman–Crippen MR) is 54.7 cm³/mol. The molecule has 0 amide bonds. The molecule has 15 heavy (non-hydrogen) atoms. The summed E-state index contributed by atoms with van der Waals surface area (Å²) < 4.78 is 4.88. The topological polar surface area (TPSA) is 92.8 Å². The van der Waals surface area contributed by atoms with Crippen molar-refractivity contribution in [1.29, 1.82) is 0 Å². The lowest BCUT2D eigenvalue weighted by molar-refractivity contribution is 0.0375. The number of esters is 1. The van der Waals surface area contributed by atoms with Gasteiger partial charge in [-0.25, -0.2) is 4.79 Å². The lowest BCUT2D eigenvalue weighted by Crippen LogP contribution is -2.12. The minimum absolute atomic E-state index is 0.0171. The van der Waals surface area contributed by atoms with Crippen molar-refractivity contribution in [2.45, 2.75) is 20.0 Å². The van der Waals surface area contributed by atoms with E-state index in [4.69, 9.17) is 15.6 Å². The van der Waals surface area contributed by atoms with Gasteiger partial charge in [0.2, 0.25) is 0 Å². The zero-order chi connectivity index (χ0) is 11.6. The van der Waals surface area contributed by atoms with E-state index in [0.717, 1.165) is 6.07 Å². The Labute approximate surface area is 87.1 Å². The molecule has 82 valence electrons. The first-order valence-electron chi connectivity index (χ1n) is 4.44. The van der Waals surface area contributed by atoms with Crippen molar-refractivity contribution in [3.63, 3.8) is 0 Å². The SMILES string of the molecule is CC(C)OC(=O)c1cc(N)c(O)cc1O. The van der Waals surface area contributed by atoms with Crippen molar-refractivity contribution in [3.05, 3.63) is 17.7 Å². The second-order valence-corrected chi connectivity index (χ2v) is 3.38. The molecule has 0 aliphatic heterocycles. The second kappa shape index (κ2) is 4.08.